The third-order valence-electron chi connectivity index (χ3n) is 3.19. The third kappa shape index (κ3) is 3.03. The van der Waals surface area contributed by atoms with Crippen LogP contribution in [0, 0.1) is 0 Å². The number of hydrogen-bond donors (Lipinski definition) is 1. The molecule has 1 aromatic heterocycles. The van der Waals surface area contributed by atoms with Crippen LogP contribution in [0.3, 0.4) is 0 Å². The summed E-state index contributed by atoms with van der Waals surface area (Å²) in [4.78, 5) is 6.63. The third-order valence-corrected chi connectivity index (χ3v) is 3.67. The smallest absolute Gasteiger partial charge is 0.147 e. The van der Waals surface area contributed by atoms with E-state index in [-0.39, 0.29) is 0 Å². The Kier molecular flexibility index (Phi) is 4.48. The van der Waals surface area contributed by atoms with Crippen molar-refractivity contribution >= 4 is 29.0 Å². The molecular formula is C12H17Cl2N3. The van der Waals surface area contributed by atoms with Crippen LogP contribution >= 0.6 is 23.2 Å². The van der Waals surface area contributed by atoms with Crippen LogP contribution in [-0.4, -0.2) is 24.1 Å². The minimum absolute atomic E-state index is 0.458. The number of nitrogens with two attached hydrogens (primary N) is 1. The van der Waals surface area contributed by atoms with E-state index in [4.69, 9.17) is 28.9 Å². The lowest BCUT2D eigenvalue weighted by molar-refractivity contribution is 0.439. The van der Waals surface area contributed by atoms with Gasteiger partial charge in [-0.1, -0.05) is 23.2 Å². The zero-order valence-electron chi connectivity index (χ0n) is 9.70. The van der Waals surface area contributed by atoms with Gasteiger partial charge in [-0.2, -0.15) is 0 Å². The quantitative estimate of drug-likeness (QED) is 0.920. The van der Waals surface area contributed by atoms with Crippen molar-refractivity contribution in [2.45, 2.75) is 31.7 Å². The monoisotopic (exact) mass is 273 g/mol. The Hall–Kier alpha value is -0.510. The van der Waals surface area contributed by atoms with E-state index in [1.165, 1.54) is 12.8 Å². The summed E-state index contributed by atoms with van der Waals surface area (Å²) in [7, 11) is 0. The fourth-order valence-corrected chi connectivity index (χ4v) is 2.88. The first-order valence-corrected chi connectivity index (χ1v) is 6.75. The molecule has 1 aliphatic rings. The van der Waals surface area contributed by atoms with E-state index in [1.807, 2.05) is 0 Å². The molecule has 1 saturated heterocycles. The second kappa shape index (κ2) is 5.89. The van der Waals surface area contributed by atoms with Crippen molar-refractivity contribution in [3.05, 3.63) is 22.3 Å². The highest BCUT2D eigenvalue weighted by Gasteiger charge is 2.24. The zero-order valence-corrected chi connectivity index (χ0v) is 11.2. The number of hydrogen-bond acceptors (Lipinski definition) is 3. The maximum atomic E-state index is 6.21. The molecule has 0 saturated carbocycles. The number of rotatable bonds is 3. The first-order chi connectivity index (χ1) is 8.22. The molecule has 2 rings (SSSR count). The Morgan fingerprint density at radius 3 is 2.94 bits per heavy atom. The van der Waals surface area contributed by atoms with Crippen molar-refractivity contribution in [1.29, 1.82) is 0 Å². The molecule has 94 valence electrons. The first kappa shape index (κ1) is 12.9. The lowest BCUT2D eigenvalue weighted by atomic mass is 9.99. The summed E-state index contributed by atoms with van der Waals surface area (Å²) in [6.07, 6.45) is 6.24. The van der Waals surface area contributed by atoms with Gasteiger partial charge in [-0.05, 0) is 38.3 Å². The molecule has 17 heavy (non-hydrogen) atoms. The molecule has 2 N–H and O–H groups in total. The number of anilines is 1. The first-order valence-electron chi connectivity index (χ1n) is 6.00. The molecule has 5 heteroatoms. The molecule has 0 radical (unpaired) electrons. The summed E-state index contributed by atoms with van der Waals surface area (Å²) in [5, 5.41) is 1.20. The van der Waals surface area contributed by atoms with E-state index in [1.54, 1.807) is 12.3 Å². The molecular weight excluding hydrogens is 257 g/mol. The fraction of sp³-hybridized carbons (Fsp3) is 0.583. The van der Waals surface area contributed by atoms with Crippen LogP contribution < -0.4 is 10.6 Å². The summed E-state index contributed by atoms with van der Waals surface area (Å²) >= 11 is 12.1. The van der Waals surface area contributed by atoms with Crippen LogP contribution in [-0.2, 0) is 0 Å². The highest BCUT2D eigenvalue weighted by atomic mass is 35.5. The van der Waals surface area contributed by atoms with Crippen LogP contribution in [0.4, 0.5) is 5.82 Å². The molecule has 0 aliphatic carbocycles. The average molecular weight is 274 g/mol. The Bertz CT molecular complexity index is 382. The largest absolute Gasteiger partial charge is 0.352 e. The average Bonchev–Trinajstić information content (AvgIpc) is 2.31. The molecule has 0 amide bonds. The van der Waals surface area contributed by atoms with E-state index in [0.29, 0.717) is 22.6 Å². The van der Waals surface area contributed by atoms with Crippen LogP contribution in [0.25, 0.3) is 0 Å². The van der Waals surface area contributed by atoms with Crippen molar-refractivity contribution in [2.75, 3.05) is 18.0 Å². The van der Waals surface area contributed by atoms with Crippen LogP contribution in [0.1, 0.15) is 25.7 Å². The van der Waals surface area contributed by atoms with E-state index >= 15 is 0 Å². The van der Waals surface area contributed by atoms with Crippen molar-refractivity contribution in [1.82, 2.24) is 4.98 Å². The second-order valence-corrected chi connectivity index (χ2v) is 5.22. The molecule has 3 nitrogen and oxygen atoms in total. The number of nitrogens with zero attached hydrogens (tertiary/aromatic N) is 2. The normalized spacial score (nSPS) is 20.6. The molecule has 1 aliphatic heterocycles. The highest BCUT2D eigenvalue weighted by molar-refractivity contribution is 6.36. The molecule has 2 heterocycles. The van der Waals surface area contributed by atoms with E-state index in [2.05, 4.69) is 9.88 Å². The molecule has 0 aromatic carbocycles. The molecule has 0 bridgehead atoms. The number of pyridine rings is 1. The maximum absolute atomic E-state index is 6.21. The SMILES string of the molecule is NCCC1CCCCN1c1ncc(Cl)cc1Cl. The maximum Gasteiger partial charge on any atom is 0.147 e. The van der Waals surface area contributed by atoms with Crippen molar-refractivity contribution in [3.8, 4) is 0 Å². The van der Waals surface area contributed by atoms with Gasteiger partial charge >= 0.3 is 0 Å². The van der Waals surface area contributed by atoms with Gasteiger partial charge in [0.1, 0.15) is 5.82 Å². The van der Waals surface area contributed by atoms with Crippen molar-refractivity contribution in [2.24, 2.45) is 5.73 Å². The van der Waals surface area contributed by atoms with Gasteiger partial charge in [-0.25, -0.2) is 4.98 Å². The predicted octanol–water partition coefficient (Wildman–Crippen LogP) is 3.10. The van der Waals surface area contributed by atoms with Gasteiger partial charge in [-0.3, -0.25) is 0 Å². The van der Waals surface area contributed by atoms with Gasteiger partial charge < -0.3 is 10.6 Å². The fourth-order valence-electron chi connectivity index (χ4n) is 2.39. The Morgan fingerprint density at radius 1 is 1.41 bits per heavy atom. The lowest BCUT2D eigenvalue weighted by Gasteiger charge is -2.37. The summed E-state index contributed by atoms with van der Waals surface area (Å²) < 4.78 is 0. The highest BCUT2D eigenvalue weighted by Crippen LogP contribution is 2.31. The molecule has 1 aromatic rings. The molecule has 1 unspecified atom stereocenters. The Balaban J connectivity index is 2.23. The molecule has 1 atom stereocenters. The molecule has 1 fully saturated rings. The molecule has 0 spiro atoms. The van der Waals surface area contributed by atoms with Crippen molar-refractivity contribution < 1.29 is 0 Å². The lowest BCUT2D eigenvalue weighted by Crippen LogP contribution is -2.41. The predicted molar refractivity (Wildman–Crippen MR) is 72.9 cm³/mol. The van der Waals surface area contributed by atoms with Crippen LogP contribution in [0.2, 0.25) is 10.0 Å². The minimum Gasteiger partial charge on any atom is -0.352 e. The zero-order chi connectivity index (χ0) is 12.3. The number of halogens is 2. The van der Waals surface area contributed by atoms with Crippen molar-refractivity contribution in [3.63, 3.8) is 0 Å². The Morgan fingerprint density at radius 2 is 2.24 bits per heavy atom. The van der Waals surface area contributed by atoms with Gasteiger partial charge in [0, 0.05) is 18.8 Å². The topological polar surface area (TPSA) is 42.1 Å². The summed E-state index contributed by atoms with van der Waals surface area (Å²) in [6.45, 7) is 1.70. The number of piperidine rings is 1. The Labute approximate surface area is 112 Å². The van der Waals surface area contributed by atoms with E-state index < -0.39 is 0 Å². The van der Waals surface area contributed by atoms with Crippen LogP contribution in [0.5, 0.6) is 0 Å². The standard InChI is InChI=1S/C12H17Cl2N3/c13-9-7-11(14)12(16-8-9)17-6-2-1-3-10(17)4-5-15/h7-8,10H,1-6,15H2. The van der Waals surface area contributed by atoms with E-state index in [0.717, 1.165) is 25.2 Å². The van der Waals surface area contributed by atoms with Gasteiger partial charge in [-0.15, -0.1) is 0 Å². The van der Waals surface area contributed by atoms with E-state index in [9.17, 15) is 0 Å². The van der Waals surface area contributed by atoms with Gasteiger partial charge in [0.2, 0.25) is 0 Å². The van der Waals surface area contributed by atoms with Gasteiger partial charge in [0.15, 0.2) is 0 Å². The second-order valence-electron chi connectivity index (χ2n) is 4.38. The number of aromatic nitrogens is 1. The summed E-state index contributed by atoms with van der Waals surface area (Å²) in [5.74, 6) is 0.842. The summed E-state index contributed by atoms with van der Waals surface area (Å²) in [5.41, 5.74) is 5.66. The summed E-state index contributed by atoms with van der Waals surface area (Å²) in [6, 6.07) is 2.21. The van der Waals surface area contributed by atoms with Gasteiger partial charge in [0.05, 0.1) is 10.0 Å². The van der Waals surface area contributed by atoms with Gasteiger partial charge in [0.25, 0.3) is 0 Å². The minimum atomic E-state index is 0.458. The van der Waals surface area contributed by atoms with Crippen LogP contribution in [0.15, 0.2) is 12.3 Å².